The molecule has 0 amide bonds. The van der Waals surface area contributed by atoms with Gasteiger partial charge in [-0.05, 0) is 0 Å². The maximum absolute atomic E-state index is 9.17. The van der Waals surface area contributed by atoms with E-state index in [1.807, 2.05) is 0 Å². The Labute approximate surface area is 69.2 Å². The highest BCUT2D eigenvalue weighted by Crippen LogP contribution is 2.23. The van der Waals surface area contributed by atoms with Gasteiger partial charge in [0.25, 0.3) is 0 Å². The molecule has 72 valence electrons. The molecular weight excluding hydrogens is 166 g/mol. The molecule has 1 fully saturated rings. The van der Waals surface area contributed by atoms with Crippen molar-refractivity contribution in [3.05, 3.63) is 0 Å². The number of aliphatic hydroxyl groups is 4. The monoisotopic (exact) mass is 179 g/mol. The van der Waals surface area contributed by atoms with Gasteiger partial charge in [0, 0.05) is 6.42 Å². The van der Waals surface area contributed by atoms with Gasteiger partial charge < -0.3 is 25.2 Å². The van der Waals surface area contributed by atoms with E-state index in [0.29, 0.717) is 0 Å². The van der Waals surface area contributed by atoms with Crippen molar-refractivity contribution in [2.75, 3.05) is 6.61 Å². The van der Waals surface area contributed by atoms with E-state index in [9.17, 15) is 0 Å². The van der Waals surface area contributed by atoms with Crippen LogP contribution in [-0.4, -0.2) is 51.3 Å². The molecule has 0 radical (unpaired) electrons. The Kier molecular flexibility index (Phi) is 2.67. The van der Waals surface area contributed by atoms with Crippen LogP contribution in [0.15, 0.2) is 0 Å². The van der Waals surface area contributed by atoms with Gasteiger partial charge in [0.15, 0.2) is 0 Å². The first-order valence-electron chi connectivity index (χ1n) is 3.62. The number of hydrogen-bond acceptors (Lipinski definition) is 6. The summed E-state index contributed by atoms with van der Waals surface area (Å²) in [6, 6.07) is 0. The van der Waals surface area contributed by atoms with Gasteiger partial charge in [0.05, 0.1) is 12.7 Å². The van der Waals surface area contributed by atoms with Crippen LogP contribution in [0.4, 0.5) is 0 Å². The van der Waals surface area contributed by atoms with Crippen molar-refractivity contribution < 1.29 is 25.2 Å². The number of ether oxygens (including phenoxy) is 1. The average molecular weight is 179 g/mol. The summed E-state index contributed by atoms with van der Waals surface area (Å²) >= 11 is 0. The second-order valence-corrected chi connectivity index (χ2v) is 2.95. The molecule has 0 aromatic heterocycles. The Morgan fingerprint density at radius 2 is 2.08 bits per heavy atom. The molecule has 0 aromatic rings. The predicted molar refractivity (Wildman–Crippen MR) is 37.7 cm³/mol. The summed E-state index contributed by atoms with van der Waals surface area (Å²) in [4.78, 5) is 0. The summed E-state index contributed by atoms with van der Waals surface area (Å²) in [6.07, 6.45) is -3.70. The molecule has 1 rings (SSSR count). The summed E-state index contributed by atoms with van der Waals surface area (Å²) in [5.41, 5.74) is 5.15. The Hall–Kier alpha value is -0.240. The van der Waals surface area contributed by atoms with Gasteiger partial charge in [-0.2, -0.15) is 0 Å². The van der Waals surface area contributed by atoms with Crippen LogP contribution in [0.5, 0.6) is 0 Å². The first kappa shape index (κ1) is 9.85. The van der Waals surface area contributed by atoms with Crippen molar-refractivity contribution in [1.82, 2.24) is 0 Å². The zero-order chi connectivity index (χ0) is 9.35. The second-order valence-electron chi connectivity index (χ2n) is 2.95. The number of hydrogen-bond donors (Lipinski definition) is 5. The smallest absolute Gasteiger partial charge is 0.225 e. The topological polar surface area (TPSA) is 116 Å². The number of aliphatic hydroxyl groups excluding tert-OH is 3. The van der Waals surface area contributed by atoms with E-state index in [-0.39, 0.29) is 6.42 Å². The summed E-state index contributed by atoms with van der Waals surface area (Å²) in [5.74, 6) is -1.97. The first-order chi connectivity index (χ1) is 5.46. The SMILES string of the molecule is N[C@@]1(O)C[C@@H](O)[C@H](O)[C@@H](CO)O1. The molecule has 0 aliphatic carbocycles. The average Bonchev–Trinajstić information content (AvgIpc) is 1.96. The molecule has 1 heterocycles. The summed E-state index contributed by atoms with van der Waals surface area (Å²) < 4.78 is 4.68. The molecule has 0 aromatic carbocycles. The normalized spacial score (nSPS) is 49.2. The van der Waals surface area contributed by atoms with Crippen molar-refractivity contribution in [2.45, 2.75) is 30.6 Å². The zero-order valence-corrected chi connectivity index (χ0v) is 6.42. The minimum atomic E-state index is -1.97. The molecule has 0 spiro atoms. The van der Waals surface area contributed by atoms with E-state index < -0.39 is 30.8 Å². The third-order valence-electron chi connectivity index (χ3n) is 1.81. The van der Waals surface area contributed by atoms with Gasteiger partial charge in [0.1, 0.15) is 12.2 Å². The van der Waals surface area contributed by atoms with E-state index in [2.05, 4.69) is 4.74 Å². The van der Waals surface area contributed by atoms with Crippen LogP contribution in [0.2, 0.25) is 0 Å². The number of nitrogens with two attached hydrogens (primary N) is 1. The Morgan fingerprint density at radius 3 is 2.58 bits per heavy atom. The van der Waals surface area contributed by atoms with Crippen LogP contribution < -0.4 is 5.73 Å². The highest BCUT2D eigenvalue weighted by Gasteiger charge is 2.42. The largest absolute Gasteiger partial charge is 0.394 e. The van der Waals surface area contributed by atoms with Crippen LogP contribution in [0.1, 0.15) is 6.42 Å². The predicted octanol–water partition coefficient (Wildman–Crippen LogP) is -2.91. The van der Waals surface area contributed by atoms with E-state index in [1.54, 1.807) is 0 Å². The fraction of sp³-hybridized carbons (Fsp3) is 1.00. The fourth-order valence-electron chi connectivity index (χ4n) is 1.19. The molecule has 0 saturated carbocycles. The lowest BCUT2D eigenvalue weighted by Crippen LogP contribution is -2.59. The summed E-state index contributed by atoms with van der Waals surface area (Å²) in [5, 5.41) is 36.1. The molecule has 1 aliphatic rings. The highest BCUT2D eigenvalue weighted by molar-refractivity contribution is 4.85. The lowest BCUT2D eigenvalue weighted by atomic mass is 10.00. The van der Waals surface area contributed by atoms with Crippen molar-refractivity contribution in [1.29, 1.82) is 0 Å². The van der Waals surface area contributed by atoms with Crippen LogP contribution in [-0.2, 0) is 4.74 Å². The molecule has 1 saturated heterocycles. The van der Waals surface area contributed by atoms with Crippen molar-refractivity contribution in [2.24, 2.45) is 5.73 Å². The Bertz CT molecular complexity index is 162. The molecule has 6 nitrogen and oxygen atoms in total. The van der Waals surface area contributed by atoms with E-state index in [0.717, 1.165) is 0 Å². The highest BCUT2D eigenvalue weighted by atomic mass is 16.7. The van der Waals surface area contributed by atoms with Crippen LogP contribution in [0.3, 0.4) is 0 Å². The molecule has 1 aliphatic heterocycles. The van der Waals surface area contributed by atoms with Crippen molar-refractivity contribution >= 4 is 0 Å². The van der Waals surface area contributed by atoms with Gasteiger partial charge in [-0.1, -0.05) is 0 Å². The van der Waals surface area contributed by atoms with E-state index in [4.69, 9.17) is 26.2 Å². The molecular formula is C6H13NO5. The molecule has 4 atom stereocenters. The molecule has 6 N–H and O–H groups in total. The van der Waals surface area contributed by atoms with Crippen molar-refractivity contribution in [3.8, 4) is 0 Å². The van der Waals surface area contributed by atoms with Gasteiger partial charge in [-0.3, -0.25) is 5.73 Å². The van der Waals surface area contributed by atoms with Crippen molar-refractivity contribution in [3.63, 3.8) is 0 Å². The first-order valence-corrected chi connectivity index (χ1v) is 3.62. The fourth-order valence-corrected chi connectivity index (χ4v) is 1.19. The zero-order valence-electron chi connectivity index (χ0n) is 6.42. The van der Waals surface area contributed by atoms with Gasteiger partial charge in [0.2, 0.25) is 5.91 Å². The number of rotatable bonds is 1. The minimum absolute atomic E-state index is 0.273. The van der Waals surface area contributed by atoms with E-state index in [1.165, 1.54) is 0 Å². The molecule has 6 heteroatoms. The van der Waals surface area contributed by atoms with Crippen LogP contribution in [0, 0.1) is 0 Å². The van der Waals surface area contributed by atoms with Gasteiger partial charge >= 0.3 is 0 Å². The lowest BCUT2D eigenvalue weighted by molar-refractivity contribution is -0.302. The standard InChI is InChI=1S/C6H13NO5/c7-6(11)1-3(9)5(10)4(2-8)12-6/h3-5,8-11H,1-2,7H2/t3-,4-,5+,6-/m1/s1. The minimum Gasteiger partial charge on any atom is -0.394 e. The van der Waals surface area contributed by atoms with Crippen LogP contribution in [0.25, 0.3) is 0 Å². The Morgan fingerprint density at radius 1 is 1.50 bits per heavy atom. The van der Waals surface area contributed by atoms with Gasteiger partial charge in [-0.25, -0.2) is 0 Å². The molecule has 12 heavy (non-hydrogen) atoms. The third kappa shape index (κ3) is 1.92. The Balaban J connectivity index is 2.65. The maximum Gasteiger partial charge on any atom is 0.225 e. The quantitative estimate of drug-likeness (QED) is 0.276. The van der Waals surface area contributed by atoms with Crippen LogP contribution >= 0.6 is 0 Å². The van der Waals surface area contributed by atoms with Gasteiger partial charge in [-0.15, -0.1) is 0 Å². The summed E-state index contributed by atoms with van der Waals surface area (Å²) in [6.45, 7) is -0.502. The second kappa shape index (κ2) is 3.25. The maximum atomic E-state index is 9.17. The molecule has 0 unspecified atom stereocenters. The van der Waals surface area contributed by atoms with E-state index >= 15 is 0 Å². The summed E-state index contributed by atoms with van der Waals surface area (Å²) in [7, 11) is 0. The third-order valence-corrected chi connectivity index (χ3v) is 1.81. The molecule has 0 bridgehead atoms. The lowest BCUT2D eigenvalue weighted by Gasteiger charge is -2.39.